The van der Waals surface area contributed by atoms with Gasteiger partial charge in [0, 0.05) is 0 Å². The summed E-state index contributed by atoms with van der Waals surface area (Å²) < 4.78 is 0. The summed E-state index contributed by atoms with van der Waals surface area (Å²) in [5.74, 6) is 0. The lowest BCUT2D eigenvalue weighted by Crippen LogP contribution is -1.97. The van der Waals surface area contributed by atoms with Crippen molar-refractivity contribution >= 4 is 5.57 Å². The summed E-state index contributed by atoms with van der Waals surface area (Å²) in [5, 5.41) is 0. The number of allylic oxidation sites excluding steroid dienone is 3. The van der Waals surface area contributed by atoms with Crippen LogP contribution in [0.3, 0.4) is 0 Å². The average Bonchev–Trinajstić information content (AvgIpc) is 2.51. The van der Waals surface area contributed by atoms with Crippen LogP contribution in [-0.4, -0.2) is 0 Å². The molecule has 19 heavy (non-hydrogen) atoms. The zero-order chi connectivity index (χ0) is 12.9. The molecule has 0 amide bonds. The normalized spacial score (nSPS) is 14.4. The molecule has 0 heteroatoms. The van der Waals surface area contributed by atoms with Crippen molar-refractivity contribution in [3.63, 3.8) is 0 Å². The first-order valence-electron chi connectivity index (χ1n) is 6.93. The Morgan fingerprint density at radius 2 is 1.26 bits per heavy atom. The molecule has 0 unspecified atom stereocenters. The van der Waals surface area contributed by atoms with Crippen LogP contribution < -0.4 is 0 Å². The van der Waals surface area contributed by atoms with Crippen LogP contribution in [0.4, 0.5) is 0 Å². The molecule has 0 saturated heterocycles. The van der Waals surface area contributed by atoms with Gasteiger partial charge in [-0.3, -0.25) is 0 Å². The fourth-order valence-corrected chi connectivity index (χ4v) is 2.71. The molecule has 0 heterocycles. The monoisotopic (exact) mass is 246 g/mol. The topological polar surface area (TPSA) is 0 Å². The molecule has 0 nitrogen and oxygen atoms in total. The molecule has 2 aromatic carbocycles. The zero-order valence-electron chi connectivity index (χ0n) is 11.0. The maximum Gasteiger partial charge on any atom is -0.0116 e. The Bertz CT molecular complexity index is 547. The zero-order valence-corrected chi connectivity index (χ0v) is 11.0. The van der Waals surface area contributed by atoms with Gasteiger partial charge in [0.15, 0.2) is 0 Å². The first-order valence-corrected chi connectivity index (χ1v) is 6.93. The van der Waals surface area contributed by atoms with Gasteiger partial charge in [0.05, 0.1) is 0 Å². The lowest BCUT2D eigenvalue weighted by Gasteiger charge is -2.17. The van der Waals surface area contributed by atoms with E-state index < -0.39 is 0 Å². The van der Waals surface area contributed by atoms with E-state index in [4.69, 9.17) is 0 Å². The second-order valence-electron chi connectivity index (χ2n) is 4.92. The summed E-state index contributed by atoms with van der Waals surface area (Å²) in [6.45, 7) is 0. The van der Waals surface area contributed by atoms with Gasteiger partial charge in [-0.05, 0) is 36.0 Å². The molecule has 0 fully saturated rings. The minimum absolute atomic E-state index is 1.08. The van der Waals surface area contributed by atoms with Gasteiger partial charge in [0.1, 0.15) is 0 Å². The summed E-state index contributed by atoms with van der Waals surface area (Å²) in [7, 11) is 0. The Morgan fingerprint density at radius 3 is 1.74 bits per heavy atom. The largest absolute Gasteiger partial charge is 0.0879 e. The highest BCUT2D eigenvalue weighted by atomic mass is 14.2. The summed E-state index contributed by atoms with van der Waals surface area (Å²) in [6, 6.07) is 21.5. The van der Waals surface area contributed by atoms with Crippen LogP contribution >= 0.6 is 0 Å². The van der Waals surface area contributed by atoms with Crippen LogP contribution in [0.1, 0.15) is 30.4 Å². The quantitative estimate of drug-likeness (QED) is 0.636. The smallest absolute Gasteiger partial charge is 0.0116 e. The van der Waals surface area contributed by atoms with Crippen molar-refractivity contribution in [3.8, 4) is 0 Å². The van der Waals surface area contributed by atoms with Crippen molar-refractivity contribution in [2.75, 3.05) is 0 Å². The fourth-order valence-electron chi connectivity index (χ4n) is 2.71. The molecule has 94 valence electrons. The molecular formula is C19H18. The van der Waals surface area contributed by atoms with Crippen molar-refractivity contribution in [1.82, 2.24) is 0 Å². The highest BCUT2D eigenvalue weighted by Gasteiger charge is 2.12. The van der Waals surface area contributed by atoms with Gasteiger partial charge >= 0.3 is 0 Å². The van der Waals surface area contributed by atoms with Crippen LogP contribution in [0.5, 0.6) is 0 Å². The van der Waals surface area contributed by atoms with Crippen LogP contribution in [0.25, 0.3) is 5.57 Å². The molecule has 1 aliphatic rings. The van der Waals surface area contributed by atoms with Crippen LogP contribution in [0.15, 0.2) is 78.4 Å². The molecule has 0 atom stereocenters. The van der Waals surface area contributed by atoms with Crippen molar-refractivity contribution in [2.24, 2.45) is 0 Å². The van der Waals surface area contributed by atoms with Crippen molar-refractivity contribution < 1.29 is 0 Å². The summed E-state index contributed by atoms with van der Waals surface area (Å²) in [4.78, 5) is 0. The van der Waals surface area contributed by atoms with E-state index in [1.54, 1.807) is 5.57 Å². The number of hydrogen-bond acceptors (Lipinski definition) is 0. The molecule has 0 radical (unpaired) electrons. The van der Waals surface area contributed by atoms with Gasteiger partial charge < -0.3 is 0 Å². The Kier molecular flexibility index (Phi) is 3.60. The van der Waals surface area contributed by atoms with E-state index in [-0.39, 0.29) is 0 Å². The first-order chi connectivity index (χ1) is 9.45. The van der Waals surface area contributed by atoms with E-state index in [2.05, 4.69) is 72.8 Å². The highest BCUT2D eigenvalue weighted by Crippen LogP contribution is 2.32. The molecule has 0 saturated carbocycles. The second-order valence-corrected chi connectivity index (χ2v) is 4.92. The third-order valence-electron chi connectivity index (χ3n) is 3.62. The third-order valence-corrected chi connectivity index (χ3v) is 3.62. The number of benzene rings is 2. The fraction of sp³-hybridized carbons (Fsp3) is 0.158. The van der Waals surface area contributed by atoms with Gasteiger partial charge in [-0.15, -0.1) is 0 Å². The highest BCUT2D eigenvalue weighted by molar-refractivity contribution is 5.82. The van der Waals surface area contributed by atoms with E-state index in [1.807, 2.05) is 0 Å². The van der Waals surface area contributed by atoms with E-state index in [0.29, 0.717) is 0 Å². The lowest BCUT2D eigenvalue weighted by atomic mass is 9.87. The van der Waals surface area contributed by atoms with Crippen molar-refractivity contribution in [3.05, 3.63) is 89.5 Å². The second kappa shape index (κ2) is 5.71. The van der Waals surface area contributed by atoms with Gasteiger partial charge in [-0.2, -0.15) is 0 Å². The Morgan fingerprint density at radius 1 is 0.684 bits per heavy atom. The number of hydrogen-bond donors (Lipinski definition) is 0. The van der Waals surface area contributed by atoms with Gasteiger partial charge in [0.2, 0.25) is 0 Å². The van der Waals surface area contributed by atoms with Gasteiger partial charge in [-0.25, -0.2) is 0 Å². The van der Waals surface area contributed by atoms with E-state index in [1.165, 1.54) is 29.5 Å². The maximum absolute atomic E-state index is 2.30. The van der Waals surface area contributed by atoms with Crippen molar-refractivity contribution in [2.45, 2.75) is 19.3 Å². The summed E-state index contributed by atoms with van der Waals surface area (Å²) in [6.07, 6.45) is 8.01. The predicted molar refractivity (Wildman–Crippen MR) is 81.9 cm³/mol. The number of rotatable bonds is 2. The standard InChI is InChI=1S/C19H18/c1-4-10-16(11-5-1)19(17-12-6-2-7-13-17)18-14-8-3-9-15-18/h1-8,10-13H,9,14-15H2. The van der Waals surface area contributed by atoms with Crippen LogP contribution in [0.2, 0.25) is 0 Å². The van der Waals surface area contributed by atoms with Gasteiger partial charge in [0.25, 0.3) is 0 Å². The van der Waals surface area contributed by atoms with Crippen LogP contribution in [-0.2, 0) is 0 Å². The molecule has 0 bridgehead atoms. The third kappa shape index (κ3) is 2.68. The molecule has 0 aliphatic heterocycles. The summed E-state index contributed by atoms with van der Waals surface area (Å²) >= 11 is 0. The molecule has 3 rings (SSSR count). The molecule has 0 spiro atoms. The summed E-state index contributed by atoms with van der Waals surface area (Å²) in [5.41, 5.74) is 5.64. The minimum atomic E-state index is 1.08. The van der Waals surface area contributed by atoms with E-state index in [9.17, 15) is 0 Å². The molecule has 2 aromatic rings. The molecule has 1 aliphatic carbocycles. The average molecular weight is 246 g/mol. The van der Waals surface area contributed by atoms with E-state index in [0.717, 1.165) is 6.42 Å². The molecular weight excluding hydrogens is 228 g/mol. The lowest BCUT2D eigenvalue weighted by molar-refractivity contribution is 0.903. The van der Waals surface area contributed by atoms with E-state index >= 15 is 0 Å². The first kappa shape index (κ1) is 12.0. The molecule has 0 N–H and O–H groups in total. The minimum Gasteiger partial charge on any atom is -0.0879 e. The predicted octanol–water partition coefficient (Wildman–Crippen LogP) is 5.23. The molecule has 0 aromatic heterocycles. The Balaban J connectivity index is 2.14. The maximum atomic E-state index is 2.30. The van der Waals surface area contributed by atoms with Crippen molar-refractivity contribution in [1.29, 1.82) is 0 Å². The van der Waals surface area contributed by atoms with Crippen LogP contribution in [0, 0.1) is 0 Å². The Hall–Kier alpha value is -2.08. The SMILES string of the molecule is C1=CCC(=C(c2ccccc2)c2ccccc2)CC1. The Labute approximate surface area is 115 Å². The van der Waals surface area contributed by atoms with Gasteiger partial charge in [-0.1, -0.05) is 78.4 Å².